The van der Waals surface area contributed by atoms with Gasteiger partial charge in [-0.05, 0) is 18.2 Å². The van der Waals surface area contributed by atoms with Crippen LogP contribution in [0.25, 0.3) is 0 Å². The molecule has 3 heteroatoms. The Morgan fingerprint density at radius 1 is 1.55 bits per heavy atom. The van der Waals surface area contributed by atoms with Gasteiger partial charge in [0.1, 0.15) is 12.4 Å². The molecule has 0 amide bonds. The van der Waals surface area contributed by atoms with Crippen LogP contribution in [0.1, 0.15) is 5.76 Å². The van der Waals surface area contributed by atoms with Crippen LogP contribution >= 0.6 is 0 Å². The summed E-state index contributed by atoms with van der Waals surface area (Å²) in [5.74, 6) is 0.520. The molecule has 0 aromatic carbocycles. The summed E-state index contributed by atoms with van der Waals surface area (Å²) in [6.45, 7) is 0.237. The zero-order chi connectivity index (χ0) is 7.73. The van der Waals surface area contributed by atoms with E-state index >= 15 is 0 Å². The maximum atomic E-state index is 9.75. The fourth-order valence-corrected chi connectivity index (χ4v) is 1.06. The Labute approximate surface area is 63.9 Å². The summed E-state index contributed by atoms with van der Waals surface area (Å²) in [6.07, 6.45) is 4.58. The van der Waals surface area contributed by atoms with Crippen molar-refractivity contribution >= 4 is 0 Å². The van der Waals surface area contributed by atoms with Crippen molar-refractivity contribution in [1.82, 2.24) is 0 Å². The third kappa shape index (κ3) is 0.935. The van der Waals surface area contributed by atoms with Crippen molar-refractivity contribution in [1.29, 1.82) is 0 Å². The lowest BCUT2D eigenvalue weighted by Crippen LogP contribution is -2.23. The van der Waals surface area contributed by atoms with E-state index in [9.17, 15) is 5.11 Å². The second kappa shape index (κ2) is 2.13. The summed E-state index contributed by atoms with van der Waals surface area (Å²) in [6, 6.07) is 3.46. The van der Waals surface area contributed by atoms with E-state index in [1.54, 1.807) is 18.2 Å². The highest BCUT2D eigenvalue weighted by atomic mass is 16.5. The van der Waals surface area contributed by atoms with Gasteiger partial charge in [0.25, 0.3) is 0 Å². The molecule has 1 aliphatic rings. The molecule has 0 saturated heterocycles. The molecule has 1 atom stereocenters. The lowest BCUT2D eigenvalue weighted by Gasteiger charge is -2.14. The first-order valence-corrected chi connectivity index (χ1v) is 3.37. The molecule has 1 N–H and O–H groups in total. The molecule has 0 radical (unpaired) electrons. The number of aliphatic hydroxyl groups is 1. The molecule has 1 aliphatic heterocycles. The molecule has 0 bridgehead atoms. The fourth-order valence-electron chi connectivity index (χ4n) is 1.06. The highest BCUT2D eigenvalue weighted by molar-refractivity contribution is 5.19. The van der Waals surface area contributed by atoms with Gasteiger partial charge < -0.3 is 14.3 Å². The van der Waals surface area contributed by atoms with E-state index in [0.29, 0.717) is 5.76 Å². The molecule has 0 aliphatic carbocycles. The van der Waals surface area contributed by atoms with Crippen LogP contribution in [0.5, 0.6) is 0 Å². The Balaban J connectivity index is 2.35. The van der Waals surface area contributed by atoms with Crippen molar-refractivity contribution in [3.05, 3.63) is 36.5 Å². The smallest absolute Gasteiger partial charge is 0.177 e. The first-order valence-electron chi connectivity index (χ1n) is 3.37. The second-order valence-electron chi connectivity index (χ2n) is 2.52. The molecule has 11 heavy (non-hydrogen) atoms. The minimum atomic E-state index is -1.05. The molecule has 58 valence electrons. The summed E-state index contributed by atoms with van der Waals surface area (Å²) in [4.78, 5) is 0. The third-order valence-electron chi connectivity index (χ3n) is 1.69. The molecule has 2 rings (SSSR count). The number of furan rings is 1. The second-order valence-corrected chi connectivity index (χ2v) is 2.52. The van der Waals surface area contributed by atoms with Gasteiger partial charge in [-0.25, -0.2) is 0 Å². The molecule has 1 aromatic heterocycles. The predicted molar refractivity (Wildman–Crippen MR) is 37.7 cm³/mol. The van der Waals surface area contributed by atoms with Crippen molar-refractivity contribution in [2.45, 2.75) is 5.60 Å². The minimum absolute atomic E-state index is 0.237. The minimum Gasteiger partial charge on any atom is -0.498 e. The van der Waals surface area contributed by atoms with Gasteiger partial charge in [0.05, 0.1) is 12.5 Å². The highest BCUT2D eigenvalue weighted by Gasteiger charge is 2.33. The van der Waals surface area contributed by atoms with Crippen molar-refractivity contribution in [2.24, 2.45) is 0 Å². The van der Waals surface area contributed by atoms with Crippen LogP contribution in [0.2, 0.25) is 0 Å². The number of ether oxygens (including phenoxy) is 1. The van der Waals surface area contributed by atoms with E-state index in [1.807, 2.05) is 0 Å². The monoisotopic (exact) mass is 152 g/mol. The average Bonchev–Trinajstić information content (AvgIpc) is 2.55. The van der Waals surface area contributed by atoms with Gasteiger partial charge >= 0.3 is 0 Å². The van der Waals surface area contributed by atoms with E-state index in [4.69, 9.17) is 9.15 Å². The molecule has 3 nitrogen and oxygen atoms in total. The van der Waals surface area contributed by atoms with Crippen LogP contribution in [-0.2, 0) is 10.3 Å². The quantitative estimate of drug-likeness (QED) is 0.653. The van der Waals surface area contributed by atoms with E-state index in [2.05, 4.69) is 0 Å². The van der Waals surface area contributed by atoms with Gasteiger partial charge in [-0.15, -0.1) is 0 Å². The maximum Gasteiger partial charge on any atom is 0.177 e. The predicted octanol–water partition coefficient (Wildman–Crippen LogP) is 1.01. The first kappa shape index (κ1) is 6.49. The van der Waals surface area contributed by atoms with Crippen molar-refractivity contribution in [3.63, 3.8) is 0 Å². The van der Waals surface area contributed by atoms with E-state index in [1.165, 1.54) is 12.5 Å². The number of hydrogen-bond donors (Lipinski definition) is 1. The molecule has 0 fully saturated rings. The Bertz CT molecular complexity index is 263. The van der Waals surface area contributed by atoms with Gasteiger partial charge in [-0.1, -0.05) is 0 Å². The Hall–Kier alpha value is -1.22. The zero-order valence-electron chi connectivity index (χ0n) is 5.86. The van der Waals surface area contributed by atoms with E-state index < -0.39 is 5.60 Å². The van der Waals surface area contributed by atoms with Crippen molar-refractivity contribution in [3.8, 4) is 0 Å². The normalized spacial score (nSPS) is 28.8. The maximum absolute atomic E-state index is 9.75. The molecule has 2 heterocycles. The van der Waals surface area contributed by atoms with Crippen molar-refractivity contribution in [2.75, 3.05) is 6.61 Å². The van der Waals surface area contributed by atoms with Crippen LogP contribution in [0.4, 0.5) is 0 Å². The summed E-state index contributed by atoms with van der Waals surface area (Å²) < 4.78 is 9.93. The molecule has 0 spiro atoms. The average molecular weight is 152 g/mol. The lowest BCUT2D eigenvalue weighted by molar-refractivity contribution is 0.0250. The Morgan fingerprint density at radius 3 is 3.00 bits per heavy atom. The van der Waals surface area contributed by atoms with Gasteiger partial charge in [0, 0.05) is 0 Å². The summed E-state index contributed by atoms with van der Waals surface area (Å²) in [7, 11) is 0. The molecule has 1 aromatic rings. The SMILES string of the molecule is OC1(c2ccco2)C=COC1. The van der Waals surface area contributed by atoms with Crippen molar-refractivity contribution < 1.29 is 14.3 Å². The topological polar surface area (TPSA) is 42.6 Å². The van der Waals surface area contributed by atoms with Crippen LogP contribution in [-0.4, -0.2) is 11.7 Å². The lowest BCUT2D eigenvalue weighted by atomic mass is 10.0. The fraction of sp³-hybridized carbons (Fsp3) is 0.250. The summed E-state index contributed by atoms with van der Waals surface area (Å²) >= 11 is 0. The van der Waals surface area contributed by atoms with E-state index in [-0.39, 0.29) is 6.61 Å². The first-order chi connectivity index (χ1) is 5.31. The van der Waals surface area contributed by atoms with Gasteiger partial charge in [-0.3, -0.25) is 0 Å². The zero-order valence-corrected chi connectivity index (χ0v) is 5.86. The van der Waals surface area contributed by atoms with Crippen LogP contribution in [0.3, 0.4) is 0 Å². The van der Waals surface area contributed by atoms with E-state index in [0.717, 1.165) is 0 Å². The van der Waals surface area contributed by atoms with Gasteiger partial charge in [-0.2, -0.15) is 0 Å². The number of hydrogen-bond acceptors (Lipinski definition) is 3. The van der Waals surface area contributed by atoms with Crippen LogP contribution < -0.4 is 0 Å². The Morgan fingerprint density at radius 2 is 2.45 bits per heavy atom. The van der Waals surface area contributed by atoms with Gasteiger partial charge in [0.15, 0.2) is 5.60 Å². The molecule has 0 saturated carbocycles. The van der Waals surface area contributed by atoms with Gasteiger partial charge in [0.2, 0.25) is 0 Å². The largest absolute Gasteiger partial charge is 0.498 e. The molecular weight excluding hydrogens is 144 g/mol. The molecule has 1 unspecified atom stereocenters. The highest BCUT2D eigenvalue weighted by Crippen LogP contribution is 2.27. The Kier molecular flexibility index (Phi) is 1.26. The number of rotatable bonds is 1. The third-order valence-corrected chi connectivity index (χ3v) is 1.69. The van der Waals surface area contributed by atoms with Crippen LogP contribution in [0, 0.1) is 0 Å². The summed E-state index contributed by atoms with van der Waals surface area (Å²) in [5, 5.41) is 9.75. The summed E-state index contributed by atoms with van der Waals surface area (Å²) in [5.41, 5.74) is -1.05. The standard InChI is InChI=1S/C8H8O3/c9-8(3-5-10-6-8)7-2-1-4-11-7/h1-5,9H,6H2. The van der Waals surface area contributed by atoms with Crippen LogP contribution in [0.15, 0.2) is 35.2 Å². The molecular formula is C8H8O3.